The maximum Gasteiger partial charge on any atom is 0.337 e. The molecular weight excluding hydrogens is 325 g/mol. The van der Waals surface area contributed by atoms with Crippen LogP contribution >= 0.6 is 23.2 Å². The van der Waals surface area contributed by atoms with E-state index in [0.717, 1.165) is 5.56 Å². The average molecular weight is 340 g/mol. The van der Waals surface area contributed by atoms with Crippen molar-refractivity contribution in [1.82, 2.24) is 0 Å². The molecule has 0 spiro atoms. The average Bonchev–Trinajstić information content (AvgIpc) is 2.44. The minimum absolute atomic E-state index is 0.0431. The third-order valence-corrected chi connectivity index (χ3v) is 3.57. The fourth-order valence-electron chi connectivity index (χ4n) is 1.98. The Hall–Kier alpha value is -1.91. The highest BCUT2D eigenvalue weighted by atomic mass is 35.5. The molecule has 6 heteroatoms. The number of hydrogen-bond donors (Lipinski definition) is 2. The molecule has 2 N–H and O–H groups in total. The molecule has 1 unspecified atom stereocenters. The SMILES string of the molecule is Cc1cc(Cl)ccc1OC(C)Nc1ccc(Cl)c(C(=O)O)c1. The lowest BCUT2D eigenvalue weighted by atomic mass is 10.2. The van der Waals surface area contributed by atoms with Gasteiger partial charge in [0.05, 0.1) is 10.6 Å². The summed E-state index contributed by atoms with van der Waals surface area (Å²) in [5.41, 5.74) is 1.57. The van der Waals surface area contributed by atoms with Crippen molar-refractivity contribution in [2.75, 3.05) is 5.32 Å². The highest BCUT2D eigenvalue weighted by Crippen LogP contribution is 2.24. The van der Waals surface area contributed by atoms with E-state index in [1.54, 1.807) is 18.2 Å². The van der Waals surface area contributed by atoms with Crippen LogP contribution in [0.4, 0.5) is 5.69 Å². The fourth-order valence-corrected chi connectivity index (χ4v) is 2.40. The summed E-state index contributed by atoms with van der Waals surface area (Å²) in [6.07, 6.45) is -0.359. The molecule has 0 aliphatic rings. The third kappa shape index (κ3) is 4.06. The first-order valence-corrected chi connectivity index (χ1v) is 7.34. The van der Waals surface area contributed by atoms with E-state index in [9.17, 15) is 4.79 Å². The summed E-state index contributed by atoms with van der Waals surface area (Å²) in [7, 11) is 0. The molecule has 0 saturated heterocycles. The molecule has 0 saturated carbocycles. The molecule has 0 amide bonds. The van der Waals surface area contributed by atoms with Gasteiger partial charge in [-0.05, 0) is 55.8 Å². The van der Waals surface area contributed by atoms with E-state index in [1.807, 2.05) is 19.9 Å². The van der Waals surface area contributed by atoms with Crippen LogP contribution in [0.2, 0.25) is 10.0 Å². The minimum atomic E-state index is -1.07. The Morgan fingerprint density at radius 2 is 1.95 bits per heavy atom. The monoisotopic (exact) mass is 339 g/mol. The minimum Gasteiger partial charge on any atom is -0.478 e. The van der Waals surface area contributed by atoms with Crippen molar-refractivity contribution >= 4 is 34.9 Å². The van der Waals surface area contributed by atoms with Crippen LogP contribution in [-0.4, -0.2) is 17.3 Å². The van der Waals surface area contributed by atoms with E-state index >= 15 is 0 Å². The smallest absolute Gasteiger partial charge is 0.337 e. The topological polar surface area (TPSA) is 58.6 Å². The van der Waals surface area contributed by atoms with Crippen molar-refractivity contribution in [1.29, 1.82) is 0 Å². The highest BCUT2D eigenvalue weighted by Gasteiger charge is 2.11. The van der Waals surface area contributed by atoms with Crippen molar-refractivity contribution in [3.63, 3.8) is 0 Å². The number of rotatable bonds is 5. The van der Waals surface area contributed by atoms with Gasteiger partial charge in [0.25, 0.3) is 0 Å². The lowest BCUT2D eigenvalue weighted by Crippen LogP contribution is -2.22. The number of ether oxygens (including phenoxy) is 1. The Morgan fingerprint density at radius 3 is 2.59 bits per heavy atom. The van der Waals surface area contributed by atoms with Crippen LogP contribution < -0.4 is 10.1 Å². The summed E-state index contributed by atoms with van der Waals surface area (Å²) in [4.78, 5) is 11.1. The zero-order chi connectivity index (χ0) is 16.3. The van der Waals surface area contributed by atoms with Crippen LogP contribution in [0.5, 0.6) is 5.75 Å². The lowest BCUT2D eigenvalue weighted by molar-refractivity contribution is 0.0697. The van der Waals surface area contributed by atoms with Gasteiger partial charge in [-0.25, -0.2) is 4.79 Å². The van der Waals surface area contributed by atoms with Crippen molar-refractivity contribution in [2.45, 2.75) is 20.1 Å². The first kappa shape index (κ1) is 16.5. The van der Waals surface area contributed by atoms with Gasteiger partial charge in [0.1, 0.15) is 5.75 Å². The van der Waals surface area contributed by atoms with Crippen LogP contribution in [0.15, 0.2) is 36.4 Å². The molecule has 0 aromatic heterocycles. The van der Waals surface area contributed by atoms with Crippen LogP contribution in [0.25, 0.3) is 0 Å². The number of aromatic carboxylic acids is 1. The van der Waals surface area contributed by atoms with Crippen LogP contribution in [0.3, 0.4) is 0 Å². The summed E-state index contributed by atoms with van der Waals surface area (Å²) in [5, 5.41) is 13.0. The molecule has 2 aromatic rings. The van der Waals surface area contributed by atoms with Gasteiger partial charge in [0.15, 0.2) is 6.23 Å². The quantitative estimate of drug-likeness (QED) is 0.765. The molecule has 1 atom stereocenters. The molecule has 22 heavy (non-hydrogen) atoms. The van der Waals surface area contributed by atoms with Crippen molar-refractivity contribution in [3.8, 4) is 5.75 Å². The summed E-state index contributed by atoms with van der Waals surface area (Å²) >= 11 is 11.7. The first-order valence-electron chi connectivity index (χ1n) is 6.59. The molecule has 0 bridgehead atoms. The number of carboxylic acids is 1. The molecule has 0 radical (unpaired) electrons. The number of aryl methyl sites for hydroxylation is 1. The van der Waals surface area contributed by atoms with Crippen molar-refractivity contribution < 1.29 is 14.6 Å². The number of carbonyl (C=O) groups is 1. The fraction of sp³-hybridized carbons (Fsp3) is 0.188. The number of hydrogen-bond acceptors (Lipinski definition) is 3. The van der Waals surface area contributed by atoms with Gasteiger partial charge in [0, 0.05) is 10.7 Å². The van der Waals surface area contributed by atoms with E-state index in [4.69, 9.17) is 33.0 Å². The number of anilines is 1. The standard InChI is InChI=1S/C16H15Cl2NO3/c1-9-7-11(17)3-6-15(9)22-10(2)19-12-4-5-14(18)13(8-12)16(20)21/h3-8,10,19H,1-2H3,(H,20,21). The van der Waals surface area contributed by atoms with Gasteiger partial charge in [-0.3, -0.25) is 0 Å². The van der Waals surface area contributed by atoms with Gasteiger partial charge in [-0.2, -0.15) is 0 Å². The largest absolute Gasteiger partial charge is 0.478 e. The number of nitrogens with one attached hydrogen (secondary N) is 1. The molecular formula is C16H15Cl2NO3. The molecule has 0 fully saturated rings. The van der Waals surface area contributed by atoms with Gasteiger partial charge in [0.2, 0.25) is 0 Å². The van der Waals surface area contributed by atoms with Crippen LogP contribution in [-0.2, 0) is 0 Å². The summed E-state index contributed by atoms with van der Waals surface area (Å²) in [6.45, 7) is 3.72. The second-order valence-corrected chi connectivity index (χ2v) is 5.66. The molecule has 4 nitrogen and oxygen atoms in total. The van der Waals surface area contributed by atoms with E-state index in [1.165, 1.54) is 12.1 Å². The first-order chi connectivity index (χ1) is 10.4. The van der Waals surface area contributed by atoms with Gasteiger partial charge in [-0.15, -0.1) is 0 Å². The summed E-state index contributed by atoms with van der Waals surface area (Å²) in [5.74, 6) is -0.368. The highest BCUT2D eigenvalue weighted by molar-refractivity contribution is 6.33. The molecule has 0 heterocycles. The predicted molar refractivity (Wildman–Crippen MR) is 88.3 cm³/mol. The predicted octanol–water partition coefficient (Wildman–Crippen LogP) is 4.84. The Kier molecular flexibility index (Phi) is 5.16. The van der Waals surface area contributed by atoms with E-state index < -0.39 is 5.97 Å². The van der Waals surface area contributed by atoms with Gasteiger partial charge in [-0.1, -0.05) is 23.2 Å². The Balaban J connectivity index is 2.10. The second-order valence-electron chi connectivity index (χ2n) is 4.81. The second kappa shape index (κ2) is 6.90. The van der Waals surface area contributed by atoms with Crippen molar-refractivity contribution in [3.05, 3.63) is 57.6 Å². The summed E-state index contributed by atoms with van der Waals surface area (Å²) in [6, 6.07) is 10.1. The summed E-state index contributed by atoms with van der Waals surface area (Å²) < 4.78 is 5.78. The molecule has 116 valence electrons. The Bertz CT molecular complexity index is 704. The Morgan fingerprint density at radius 1 is 1.23 bits per heavy atom. The normalized spacial score (nSPS) is 11.8. The molecule has 0 aliphatic carbocycles. The van der Waals surface area contributed by atoms with Crippen LogP contribution in [0, 0.1) is 6.92 Å². The maximum absolute atomic E-state index is 11.1. The van der Waals surface area contributed by atoms with Crippen molar-refractivity contribution in [2.24, 2.45) is 0 Å². The third-order valence-electron chi connectivity index (χ3n) is 3.01. The van der Waals surface area contributed by atoms with E-state index in [0.29, 0.717) is 16.5 Å². The van der Waals surface area contributed by atoms with Gasteiger partial charge >= 0.3 is 5.97 Å². The molecule has 2 aromatic carbocycles. The zero-order valence-electron chi connectivity index (χ0n) is 12.1. The van der Waals surface area contributed by atoms with E-state index in [-0.39, 0.29) is 16.8 Å². The number of halogens is 2. The maximum atomic E-state index is 11.1. The lowest BCUT2D eigenvalue weighted by Gasteiger charge is -2.19. The van der Waals surface area contributed by atoms with E-state index in [2.05, 4.69) is 5.32 Å². The van der Waals surface area contributed by atoms with Crippen LogP contribution in [0.1, 0.15) is 22.8 Å². The Labute approximate surface area is 138 Å². The molecule has 0 aliphatic heterocycles. The number of benzene rings is 2. The molecule has 2 rings (SSSR count). The zero-order valence-corrected chi connectivity index (χ0v) is 13.6. The number of carboxylic acid groups (broad SMARTS) is 1. The van der Waals surface area contributed by atoms with Gasteiger partial charge < -0.3 is 15.2 Å².